The standard InChI is InChI=1S/C43H29N3S/c1-3-11-29(12-4-1)43-44-37-24-21-30(25-42(37)47-43)28-19-22-32(23-20-28)46-39-18-10-8-16-34(39)36-26-35-33-15-7-9-17-38(33)45(40(35)27-41(36)46)31-13-5-2-6-14-31/h1-27,43-44H. The van der Waals surface area contributed by atoms with Crippen LogP contribution < -0.4 is 5.32 Å². The Kier molecular flexibility index (Phi) is 5.87. The lowest BCUT2D eigenvalue weighted by molar-refractivity contribution is 1.13. The van der Waals surface area contributed by atoms with Crippen LogP contribution >= 0.6 is 11.8 Å². The van der Waals surface area contributed by atoms with Crippen LogP contribution in [0.2, 0.25) is 0 Å². The molecule has 7 aromatic carbocycles. The van der Waals surface area contributed by atoms with Crippen molar-refractivity contribution in [2.24, 2.45) is 0 Å². The molecule has 0 spiro atoms. The van der Waals surface area contributed by atoms with Gasteiger partial charge in [-0.3, -0.25) is 0 Å². The summed E-state index contributed by atoms with van der Waals surface area (Å²) >= 11 is 1.89. The summed E-state index contributed by atoms with van der Waals surface area (Å²) in [4.78, 5) is 1.29. The summed E-state index contributed by atoms with van der Waals surface area (Å²) in [6, 6.07) is 59.5. The third-order valence-electron chi connectivity index (χ3n) is 9.55. The second kappa shape index (κ2) is 10.4. The van der Waals surface area contributed by atoms with E-state index in [0.29, 0.717) is 0 Å². The van der Waals surface area contributed by atoms with Gasteiger partial charge in [0.1, 0.15) is 5.37 Å². The summed E-state index contributed by atoms with van der Waals surface area (Å²) in [6.45, 7) is 0. The zero-order valence-electron chi connectivity index (χ0n) is 25.5. The Bertz CT molecular complexity index is 2620. The fraction of sp³-hybridized carbons (Fsp3) is 0.0233. The predicted molar refractivity (Wildman–Crippen MR) is 199 cm³/mol. The van der Waals surface area contributed by atoms with Crippen LogP contribution in [0.15, 0.2) is 169 Å². The lowest BCUT2D eigenvalue weighted by Crippen LogP contribution is -2.00. The molecule has 1 N–H and O–H groups in total. The van der Waals surface area contributed by atoms with Gasteiger partial charge in [-0.2, -0.15) is 0 Å². The van der Waals surface area contributed by atoms with Gasteiger partial charge in [0.05, 0.1) is 22.1 Å². The van der Waals surface area contributed by atoms with E-state index in [1.807, 2.05) is 11.8 Å². The first kappa shape index (κ1) is 26.5. The van der Waals surface area contributed by atoms with Crippen LogP contribution in [0.25, 0.3) is 66.1 Å². The number of aromatic nitrogens is 2. The van der Waals surface area contributed by atoms with Crippen molar-refractivity contribution < 1.29 is 0 Å². The Labute approximate surface area is 276 Å². The van der Waals surface area contributed by atoms with Crippen LogP contribution in [-0.4, -0.2) is 9.13 Å². The van der Waals surface area contributed by atoms with Gasteiger partial charge >= 0.3 is 0 Å². The van der Waals surface area contributed by atoms with Gasteiger partial charge in [0.2, 0.25) is 0 Å². The van der Waals surface area contributed by atoms with E-state index in [2.05, 4.69) is 178 Å². The molecule has 222 valence electrons. The van der Waals surface area contributed by atoms with Gasteiger partial charge in [-0.1, -0.05) is 115 Å². The lowest BCUT2D eigenvalue weighted by Gasteiger charge is -2.11. The van der Waals surface area contributed by atoms with Crippen molar-refractivity contribution in [1.29, 1.82) is 0 Å². The van der Waals surface area contributed by atoms with E-state index in [1.54, 1.807) is 0 Å². The molecule has 2 aromatic heterocycles. The van der Waals surface area contributed by atoms with Crippen molar-refractivity contribution in [3.05, 3.63) is 169 Å². The van der Waals surface area contributed by atoms with Gasteiger partial charge in [0, 0.05) is 43.5 Å². The van der Waals surface area contributed by atoms with E-state index in [9.17, 15) is 0 Å². The molecule has 1 unspecified atom stereocenters. The summed E-state index contributed by atoms with van der Waals surface area (Å²) in [7, 11) is 0. The molecule has 0 fully saturated rings. The molecule has 0 radical (unpaired) electrons. The number of nitrogens with one attached hydrogen (secondary N) is 1. The third kappa shape index (κ3) is 4.15. The maximum Gasteiger partial charge on any atom is 0.103 e. The van der Waals surface area contributed by atoms with Gasteiger partial charge in [-0.05, 0) is 77.4 Å². The molecule has 4 heteroatoms. The van der Waals surface area contributed by atoms with Crippen LogP contribution in [0, 0.1) is 0 Å². The molecule has 0 bridgehead atoms. The van der Waals surface area contributed by atoms with Crippen molar-refractivity contribution in [2.75, 3.05) is 5.32 Å². The summed E-state index contributed by atoms with van der Waals surface area (Å²) in [5, 5.41) is 9.00. The lowest BCUT2D eigenvalue weighted by atomic mass is 10.0. The Hall–Kier alpha value is -5.71. The number of rotatable bonds is 4. The van der Waals surface area contributed by atoms with Crippen LogP contribution in [0.3, 0.4) is 0 Å². The van der Waals surface area contributed by atoms with Crippen LogP contribution in [-0.2, 0) is 0 Å². The molecule has 10 rings (SSSR count). The van der Waals surface area contributed by atoms with E-state index >= 15 is 0 Å². The normalized spacial score (nSPS) is 14.3. The number of nitrogens with zero attached hydrogens (tertiary/aromatic N) is 2. The maximum absolute atomic E-state index is 3.68. The zero-order valence-corrected chi connectivity index (χ0v) is 26.3. The molecule has 1 aliphatic rings. The Balaban J connectivity index is 1.11. The second-order valence-electron chi connectivity index (χ2n) is 12.2. The first-order valence-electron chi connectivity index (χ1n) is 16.0. The molecule has 0 saturated carbocycles. The molecular formula is C43H29N3S. The Morgan fingerprint density at radius 1 is 0.426 bits per heavy atom. The van der Waals surface area contributed by atoms with Crippen LogP contribution in [0.4, 0.5) is 5.69 Å². The highest BCUT2D eigenvalue weighted by molar-refractivity contribution is 8.00. The average Bonchev–Trinajstić information content (AvgIpc) is 3.81. The zero-order chi connectivity index (χ0) is 30.9. The quantitative estimate of drug-likeness (QED) is 0.212. The molecule has 1 aliphatic heterocycles. The Morgan fingerprint density at radius 2 is 0.979 bits per heavy atom. The molecular weight excluding hydrogens is 591 g/mol. The number of hydrogen-bond acceptors (Lipinski definition) is 2. The van der Waals surface area contributed by atoms with Gasteiger partial charge in [-0.15, -0.1) is 0 Å². The number of fused-ring (bicyclic) bond motifs is 7. The van der Waals surface area contributed by atoms with E-state index in [4.69, 9.17) is 0 Å². The van der Waals surface area contributed by atoms with Gasteiger partial charge in [0.15, 0.2) is 0 Å². The van der Waals surface area contributed by atoms with E-state index in [1.165, 1.54) is 76.6 Å². The number of hydrogen-bond donors (Lipinski definition) is 1. The highest BCUT2D eigenvalue weighted by Crippen LogP contribution is 2.48. The van der Waals surface area contributed by atoms with Crippen LogP contribution in [0.1, 0.15) is 10.9 Å². The molecule has 1 atom stereocenters. The second-order valence-corrected chi connectivity index (χ2v) is 13.4. The van der Waals surface area contributed by atoms with Gasteiger partial charge in [0.25, 0.3) is 0 Å². The first-order chi connectivity index (χ1) is 23.3. The number of thioether (sulfide) groups is 1. The van der Waals surface area contributed by atoms with Crippen molar-refractivity contribution in [3.8, 4) is 22.5 Å². The first-order valence-corrected chi connectivity index (χ1v) is 16.9. The van der Waals surface area contributed by atoms with Crippen LogP contribution in [0.5, 0.6) is 0 Å². The minimum atomic E-state index is 0.242. The molecule has 3 heterocycles. The monoisotopic (exact) mass is 619 g/mol. The largest absolute Gasteiger partial charge is 0.368 e. The predicted octanol–water partition coefficient (Wildman–Crippen LogP) is 11.8. The number of anilines is 1. The van der Waals surface area contributed by atoms with Gasteiger partial charge in [-0.25, -0.2) is 0 Å². The fourth-order valence-corrected chi connectivity index (χ4v) is 8.54. The molecule has 0 aliphatic carbocycles. The topological polar surface area (TPSA) is 21.9 Å². The highest BCUT2D eigenvalue weighted by atomic mass is 32.2. The van der Waals surface area contributed by atoms with Gasteiger partial charge < -0.3 is 14.5 Å². The Morgan fingerprint density at radius 3 is 1.64 bits per heavy atom. The molecule has 0 saturated heterocycles. The minimum absolute atomic E-state index is 0.242. The summed E-state index contributed by atoms with van der Waals surface area (Å²) in [5.41, 5.74) is 12.1. The average molecular weight is 620 g/mol. The van der Waals surface area contributed by atoms with Crippen molar-refractivity contribution in [2.45, 2.75) is 10.3 Å². The third-order valence-corrected chi connectivity index (χ3v) is 10.8. The maximum atomic E-state index is 3.68. The SMILES string of the molecule is c1ccc(C2Nc3ccc(-c4ccc(-n5c6ccccc6c6cc7c8ccccc8n(-c8ccccc8)c7cc65)cc4)cc3S2)cc1. The van der Waals surface area contributed by atoms with E-state index < -0.39 is 0 Å². The summed E-state index contributed by atoms with van der Waals surface area (Å²) in [6.07, 6.45) is 0. The van der Waals surface area contributed by atoms with Crippen molar-refractivity contribution in [3.63, 3.8) is 0 Å². The molecule has 3 nitrogen and oxygen atoms in total. The van der Waals surface area contributed by atoms with E-state index in [0.717, 1.165) is 5.69 Å². The summed E-state index contributed by atoms with van der Waals surface area (Å²) in [5.74, 6) is 0. The molecule has 0 amide bonds. The number of benzene rings is 7. The minimum Gasteiger partial charge on any atom is -0.368 e. The highest BCUT2D eigenvalue weighted by Gasteiger charge is 2.23. The van der Waals surface area contributed by atoms with E-state index in [-0.39, 0.29) is 5.37 Å². The molecule has 9 aromatic rings. The molecule has 47 heavy (non-hydrogen) atoms. The number of para-hydroxylation sites is 3. The fourth-order valence-electron chi connectivity index (χ4n) is 7.36. The smallest absolute Gasteiger partial charge is 0.103 e. The van der Waals surface area contributed by atoms with Crippen molar-refractivity contribution in [1.82, 2.24) is 9.13 Å². The summed E-state index contributed by atoms with van der Waals surface area (Å²) < 4.78 is 4.83. The van der Waals surface area contributed by atoms with Crippen molar-refractivity contribution >= 4 is 61.1 Å².